The van der Waals surface area contributed by atoms with Crippen LogP contribution in [0, 0.1) is 19.8 Å². The van der Waals surface area contributed by atoms with Gasteiger partial charge in [0.15, 0.2) is 0 Å². The fourth-order valence-electron chi connectivity index (χ4n) is 3.82. The van der Waals surface area contributed by atoms with E-state index in [0.717, 1.165) is 5.56 Å². The normalized spacial score (nSPS) is 14.7. The van der Waals surface area contributed by atoms with Gasteiger partial charge in [-0.2, -0.15) is 0 Å². The monoisotopic (exact) mass is 415 g/mol. The maximum absolute atomic E-state index is 12.7. The summed E-state index contributed by atoms with van der Waals surface area (Å²) < 4.78 is 5.33. The third kappa shape index (κ3) is 4.45. The molecular weight excluding hydrogens is 392 g/mol. The summed E-state index contributed by atoms with van der Waals surface area (Å²) in [5, 5.41) is 23.4. The maximum Gasteiger partial charge on any atom is 0.340 e. The van der Waals surface area contributed by atoms with Gasteiger partial charge in [-0.15, -0.1) is 0 Å². The zero-order chi connectivity index (χ0) is 22.0. The molecule has 1 aromatic carbocycles. The lowest BCUT2D eigenvalue weighted by molar-refractivity contribution is -0.304. The highest BCUT2D eigenvalue weighted by Crippen LogP contribution is 2.30. The molecule has 0 spiro atoms. The first-order valence-electron chi connectivity index (χ1n) is 9.68. The smallest absolute Gasteiger partial charge is 0.340 e. The molecule has 1 saturated heterocycles. The Kier molecular flexibility index (Phi) is 6.09. The Labute approximate surface area is 172 Å². The molecule has 0 unspecified atom stereocenters. The van der Waals surface area contributed by atoms with E-state index in [9.17, 15) is 29.4 Å². The van der Waals surface area contributed by atoms with Gasteiger partial charge >= 0.3 is 5.63 Å². The van der Waals surface area contributed by atoms with Crippen molar-refractivity contribution in [1.29, 1.82) is 0 Å². The van der Waals surface area contributed by atoms with Gasteiger partial charge in [0.25, 0.3) is 0 Å². The van der Waals surface area contributed by atoms with Crippen molar-refractivity contribution in [3.8, 4) is 5.75 Å². The number of carboxylic acids is 1. The Balaban J connectivity index is 1.70. The molecule has 0 radical (unpaired) electrons. The van der Waals surface area contributed by atoms with Gasteiger partial charge in [-0.3, -0.25) is 9.59 Å². The highest BCUT2D eigenvalue weighted by atomic mass is 16.4. The van der Waals surface area contributed by atoms with Crippen LogP contribution >= 0.6 is 0 Å². The number of nitrogens with zero attached hydrogens (tertiary/aromatic N) is 1. The average Bonchev–Trinajstić information content (AvgIpc) is 2.68. The van der Waals surface area contributed by atoms with Crippen molar-refractivity contribution in [2.24, 2.45) is 5.92 Å². The largest absolute Gasteiger partial charge is 0.548 e. The van der Waals surface area contributed by atoms with E-state index in [0.29, 0.717) is 36.9 Å². The van der Waals surface area contributed by atoms with Crippen LogP contribution in [0.1, 0.15) is 29.5 Å². The number of carboxylic acid groups (broad SMARTS) is 1. The van der Waals surface area contributed by atoms with E-state index in [1.54, 1.807) is 30.9 Å². The van der Waals surface area contributed by atoms with E-state index in [-0.39, 0.29) is 41.0 Å². The molecule has 2 amide bonds. The molecule has 0 bridgehead atoms. The topological polar surface area (TPSA) is 140 Å². The van der Waals surface area contributed by atoms with Crippen LogP contribution in [-0.4, -0.2) is 47.4 Å². The van der Waals surface area contributed by atoms with Gasteiger partial charge < -0.3 is 29.6 Å². The Morgan fingerprint density at radius 3 is 2.53 bits per heavy atom. The van der Waals surface area contributed by atoms with Crippen molar-refractivity contribution in [2.75, 3.05) is 19.6 Å². The summed E-state index contributed by atoms with van der Waals surface area (Å²) in [6, 6.07) is 3.22. The first-order chi connectivity index (χ1) is 14.2. The summed E-state index contributed by atoms with van der Waals surface area (Å²) in [7, 11) is 0. The van der Waals surface area contributed by atoms with E-state index in [1.165, 1.54) is 0 Å². The second-order valence-electron chi connectivity index (χ2n) is 7.57. The van der Waals surface area contributed by atoms with Crippen molar-refractivity contribution in [1.82, 2.24) is 10.2 Å². The number of fused-ring (bicyclic) bond motifs is 1. The lowest BCUT2D eigenvalue weighted by atomic mass is 9.95. The molecule has 2 heterocycles. The highest BCUT2D eigenvalue weighted by molar-refractivity contribution is 5.89. The van der Waals surface area contributed by atoms with Crippen LogP contribution in [0.2, 0.25) is 0 Å². The molecule has 1 aromatic heterocycles. The van der Waals surface area contributed by atoms with Crippen LogP contribution in [0.4, 0.5) is 0 Å². The van der Waals surface area contributed by atoms with E-state index < -0.39 is 18.1 Å². The molecule has 0 saturated carbocycles. The molecule has 2 aromatic rings. The molecule has 0 atom stereocenters. The molecule has 1 fully saturated rings. The number of nitrogens with one attached hydrogen (secondary N) is 1. The van der Waals surface area contributed by atoms with Crippen LogP contribution in [0.5, 0.6) is 5.75 Å². The fourth-order valence-corrected chi connectivity index (χ4v) is 3.82. The van der Waals surface area contributed by atoms with Crippen LogP contribution < -0.4 is 16.0 Å². The summed E-state index contributed by atoms with van der Waals surface area (Å²) in [5.41, 5.74) is 1.10. The van der Waals surface area contributed by atoms with Gasteiger partial charge in [0, 0.05) is 19.0 Å². The summed E-state index contributed by atoms with van der Waals surface area (Å²) in [5.74, 6) is -2.39. The number of piperidine rings is 1. The summed E-state index contributed by atoms with van der Waals surface area (Å²) in [6.45, 7) is 3.55. The third-order valence-electron chi connectivity index (χ3n) is 5.46. The van der Waals surface area contributed by atoms with Crippen molar-refractivity contribution in [3.63, 3.8) is 0 Å². The molecule has 2 N–H and O–H groups in total. The van der Waals surface area contributed by atoms with Crippen molar-refractivity contribution >= 4 is 28.8 Å². The lowest BCUT2D eigenvalue weighted by Gasteiger charge is -2.31. The zero-order valence-electron chi connectivity index (χ0n) is 16.8. The minimum atomic E-state index is -1.36. The lowest BCUT2D eigenvalue weighted by Crippen LogP contribution is -2.45. The number of likely N-dealkylation sites (tertiary alicyclic amines) is 1. The Hall–Kier alpha value is -3.36. The quantitative estimate of drug-likeness (QED) is 0.643. The number of hydrogen-bond donors (Lipinski definition) is 2. The third-order valence-corrected chi connectivity index (χ3v) is 5.46. The molecule has 1 aliphatic heterocycles. The van der Waals surface area contributed by atoms with Gasteiger partial charge in [-0.05, 0) is 49.9 Å². The predicted octanol–water partition coefficient (Wildman–Crippen LogP) is -0.237. The molecule has 9 heteroatoms. The van der Waals surface area contributed by atoms with Crippen LogP contribution in [0.15, 0.2) is 21.3 Å². The predicted molar refractivity (Wildman–Crippen MR) is 105 cm³/mol. The van der Waals surface area contributed by atoms with Gasteiger partial charge in [-0.1, -0.05) is 0 Å². The number of amides is 2. The van der Waals surface area contributed by atoms with Crippen molar-refractivity contribution < 1.29 is 29.0 Å². The molecule has 9 nitrogen and oxygen atoms in total. The Morgan fingerprint density at radius 1 is 1.23 bits per heavy atom. The Bertz CT molecular complexity index is 1070. The van der Waals surface area contributed by atoms with Crippen LogP contribution in [0.3, 0.4) is 0 Å². The molecule has 160 valence electrons. The number of aromatic hydroxyl groups is 1. The number of aryl methyl sites for hydroxylation is 2. The first kappa shape index (κ1) is 21.4. The number of rotatable bonds is 5. The number of carbonyl (C=O) groups is 3. The van der Waals surface area contributed by atoms with Gasteiger partial charge in [0.05, 0.1) is 29.9 Å². The minimum absolute atomic E-state index is 0.0108. The van der Waals surface area contributed by atoms with Crippen molar-refractivity contribution in [3.05, 3.63) is 39.2 Å². The van der Waals surface area contributed by atoms with Gasteiger partial charge in [0.2, 0.25) is 11.8 Å². The van der Waals surface area contributed by atoms with Crippen LogP contribution in [-0.2, 0) is 20.8 Å². The molecule has 30 heavy (non-hydrogen) atoms. The zero-order valence-corrected chi connectivity index (χ0v) is 16.8. The molecule has 0 aliphatic carbocycles. The van der Waals surface area contributed by atoms with E-state index in [2.05, 4.69) is 5.32 Å². The molecular formula is C21H23N2O7-. The summed E-state index contributed by atoms with van der Waals surface area (Å²) in [4.78, 5) is 49.1. The SMILES string of the molecule is Cc1cc(O)c2c(C)c(CC(=O)N3CCC(C(=O)NCC(=O)[O-])CC3)c(=O)oc2c1. The minimum Gasteiger partial charge on any atom is -0.548 e. The second-order valence-corrected chi connectivity index (χ2v) is 7.57. The van der Waals surface area contributed by atoms with E-state index in [4.69, 9.17) is 4.42 Å². The summed E-state index contributed by atoms with van der Waals surface area (Å²) in [6.07, 6.45) is 0.630. The highest BCUT2D eigenvalue weighted by Gasteiger charge is 2.28. The van der Waals surface area contributed by atoms with E-state index >= 15 is 0 Å². The van der Waals surface area contributed by atoms with Crippen molar-refractivity contribution in [2.45, 2.75) is 33.1 Å². The fraction of sp³-hybridized carbons (Fsp3) is 0.429. The average molecular weight is 415 g/mol. The first-order valence-corrected chi connectivity index (χ1v) is 9.68. The molecule has 3 rings (SSSR count). The van der Waals surface area contributed by atoms with E-state index in [1.807, 2.05) is 0 Å². The number of carbonyl (C=O) groups excluding carboxylic acids is 3. The van der Waals surface area contributed by atoms with Gasteiger partial charge in [0.1, 0.15) is 11.3 Å². The Morgan fingerprint density at radius 2 is 1.90 bits per heavy atom. The molecule has 1 aliphatic rings. The maximum atomic E-state index is 12.7. The number of phenols is 1. The number of benzene rings is 1. The standard InChI is InChI=1S/C21H24N2O7/c1-11-7-15(24)19-12(2)14(21(29)30-16(19)8-11)9-17(25)23-5-3-13(4-6-23)20(28)22-10-18(26)27/h7-8,13,24H,3-6,9-10H2,1-2H3,(H,22,28)(H,26,27)/p-1. The number of aliphatic carboxylic acids is 1. The van der Waals surface area contributed by atoms with Crippen LogP contribution in [0.25, 0.3) is 11.0 Å². The second kappa shape index (κ2) is 8.56. The van der Waals surface area contributed by atoms with Gasteiger partial charge in [-0.25, -0.2) is 4.79 Å². The summed E-state index contributed by atoms with van der Waals surface area (Å²) >= 11 is 0. The number of hydrogen-bond acceptors (Lipinski definition) is 7. The number of phenolic OH excluding ortho intramolecular Hbond substituents is 1.